The van der Waals surface area contributed by atoms with Crippen LogP contribution in [0, 0.1) is 20.2 Å². The van der Waals surface area contributed by atoms with Crippen molar-refractivity contribution in [2.45, 2.75) is 13.8 Å². The van der Waals surface area contributed by atoms with Crippen LogP contribution in [0.4, 0.5) is 56.4 Å². The van der Waals surface area contributed by atoms with Gasteiger partial charge in [-0.25, -0.2) is 49.5 Å². The summed E-state index contributed by atoms with van der Waals surface area (Å²) >= 11 is 5.96. The third-order valence-corrected chi connectivity index (χ3v) is 19.4. The number of nitrogens with two attached hydrogens (primary N) is 1. The first-order valence-corrected chi connectivity index (χ1v) is 39.4. The summed E-state index contributed by atoms with van der Waals surface area (Å²) < 4.78 is 18.2. The first kappa shape index (κ1) is 97.1. The number of nitrogens with one attached hydrogen (secondary N) is 5. The number of non-ortho nitro benzene ring substituents is 2. The number of aromatic nitrogens is 12. The van der Waals surface area contributed by atoms with Gasteiger partial charge in [-0.2, -0.15) is 4.99 Å². The molecule has 0 spiro atoms. The van der Waals surface area contributed by atoms with Gasteiger partial charge in [0.1, 0.15) is 88.4 Å². The predicted octanol–water partition coefficient (Wildman–Crippen LogP) is 13.4. The molecule has 10 aromatic carbocycles. The first-order valence-electron chi connectivity index (χ1n) is 39.0. The third-order valence-electron chi connectivity index (χ3n) is 19.2. The van der Waals surface area contributed by atoms with E-state index in [-0.39, 0.29) is 133 Å². The molecule has 0 aliphatic heterocycles. The quantitative estimate of drug-likeness (QED) is 0.00504. The van der Waals surface area contributed by atoms with Gasteiger partial charge in [-0.05, 0) is 142 Å². The van der Waals surface area contributed by atoms with Crippen molar-refractivity contribution in [3.63, 3.8) is 0 Å². The molecule has 0 aliphatic carbocycles. The molecule has 8 heterocycles. The molecular weight excluding hydrogens is 1710 g/mol. The molecule has 18 rings (SSSR count). The maximum absolute atomic E-state index is 12.6. The molecule has 0 saturated heterocycles. The van der Waals surface area contributed by atoms with Crippen LogP contribution < -0.4 is 150 Å². The Morgan fingerprint density at radius 3 is 1.18 bits per heavy atom. The number of anilines is 6. The van der Waals surface area contributed by atoms with E-state index in [1.165, 1.54) is 38.0 Å². The van der Waals surface area contributed by atoms with Crippen LogP contribution in [0.5, 0.6) is 11.5 Å². The van der Waals surface area contributed by atoms with Crippen LogP contribution in [0.25, 0.3) is 111 Å². The Labute approximate surface area is 830 Å². The minimum absolute atomic E-state index is 0. The summed E-state index contributed by atoms with van der Waals surface area (Å²) in [6, 6.07) is 82.8. The number of nitro groups is 2. The molecule has 8 aromatic heterocycles. The minimum Gasteiger partial charge on any atom is -1.00 e. The number of aliphatic imine (C=N–C) groups is 1. The van der Waals surface area contributed by atoms with Crippen LogP contribution in [0.2, 0.25) is 5.15 Å². The van der Waals surface area contributed by atoms with Gasteiger partial charge in [-0.15, -0.1) is 0 Å². The van der Waals surface area contributed by atoms with Gasteiger partial charge in [0.15, 0.2) is 0 Å². The number of nitrogen functional groups attached to an aromatic ring is 1. The molecule has 18 aromatic rings. The van der Waals surface area contributed by atoms with E-state index in [9.17, 15) is 29.8 Å². The van der Waals surface area contributed by atoms with E-state index >= 15 is 0 Å². The van der Waals surface area contributed by atoms with Crippen molar-refractivity contribution in [1.29, 1.82) is 0 Å². The summed E-state index contributed by atoms with van der Waals surface area (Å²) in [7, 11) is 8.58. The first-order chi connectivity index (χ1) is 61.9. The van der Waals surface area contributed by atoms with Crippen LogP contribution in [-0.4, -0.2) is 122 Å². The van der Waals surface area contributed by atoms with E-state index in [2.05, 4.69) is 136 Å². The average molecular weight is 1800 g/mol. The summed E-state index contributed by atoms with van der Waals surface area (Å²) in [4.78, 5) is 92.3. The smallest absolute Gasteiger partial charge is 1.00 e. The number of benzene rings is 10. The Morgan fingerprint density at radius 2 is 0.798 bits per heavy atom. The monoisotopic (exact) mass is 1790 g/mol. The summed E-state index contributed by atoms with van der Waals surface area (Å²) in [5.74, 6) is 6.45. The van der Waals surface area contributed by atoms with Crippen molar-refractivity contribution in [1.82, 2.24) is 58.1 Å². The molecule has 0 saturated carbocycles. The van der Waals surface area contributed by atoms with Crippen molar-refractivity contribution in [3.05, 3.63) is 342 Å². The van der Waals surface area contributed by atoms with E-state index < -0.39 is 4.92 Å². The number of nitro benzene ring substituents is 2. The van der Waals surface area contributed by atoms with Crippen LogP contribution in [-0.2, 0) is 14.5 Å². The number of para-hydroxylation sites is 4. The molecule has 35 heteroatoms. The standard InChI is InChI=1S/C27H24N6O2.C19H15N5O2.C19H17N5.C18H11ClN4O2.C8H7NO2.C2H6.CH2O3.2K.H/c1-28-25-16-26(30-17-29-25)33-13-12-18-10-11-20(15-23(18)33)19-6-5-7-21(14-19)31-27(34)32-22-8-3-4-9-24(22)35-2;1-20-18-11-19(22-12-21-18)23-8-7-13-5-6-15(10-17(13)23)14-3-2-4-16(9-14)24(25)26;1-21-18-11-19(23-12-22-18)24-8-7-13-5-6-15(10-17(13)24)14-3-2-4-16(20)9-14;19-17-10-18(21-11-20-17)22-7-6-12-4-5-14(9-16(12)22)13-2-1-3-15(8-13)23(24)25;1-11-8-5-3-2-4-7(8)9-6-10;1-2;2-1-4-3;;;/h3-17H,1-2H3,(H,28,29,30)(H2,31,32,34);2-12H,1H3,(H,20,21,22);2-12H,20H2,1H3,(H,21,22,23);1-11H;2-5H,1H3;1-2H3;1,3H;;;/q;;;;;;;2*+1;-1/p-1. The number of isocyanates is 1. The molecule has 638 valence electrons. The second-order valence-corrected chi connectivity index (χ2v) is 27.1. The number of methoxy groups -OCH3 is 2. The van der Waals surface area contributed by atoms with Gasteiger partial charge in [0.25, 0.3) is 17.8 Å². The van der Waals surface area contributed by atoms with Gasteiger partial charge in [0, 0.05) is 127 Å². The number of halogens is 1. The van der Waals surface area contributed by atoms with E-state index in [1.807, 2.05) is 206 Å². The summed E-state index contributed by atoms with van der Waals surface area (Å²) in [5.41, 5.74) is 20.2. The van der Waals surface area contributed by atoms with Gasteiger partial charge in [0.05, 0.1) is 51.8 Å². The normalized spacial score (nSPS) is 10.1. The van der Waals surface area contributed by atoms with E-state index in [1.54, 1.807) is 87.5 Å². The number of fused-ring (bicyclic) bond motifs is 4. The van der Waals surface area contributed by atoms with E-state index in [0.717, 1.165) is 129 Å². The van der Waals surface area contributed by atoms with Crippen LogP contribution in [0.1, 0.15) is 15.3 Å². The Hall–Kier alpha value is -14.1. The molecule has 0 bridgehead atoms. The zero-order valence-corrected chi connectivity index (χ0v) is 78.3. The van der Waals surface area contributed by atoms with E-state index in [4.69, 9.17) is 36.9 Å². The topological polar surface area (TPSA) is 410 Å². The Bertz CT molecular complexity index is 6980. The average Bonchev–Trinajstić information content (AvgIpc) is 1.65. The Kier molecular flexibility index (Phi) is 36.2. The van der Waals surface area contributed by atoms with Crippen molar-refractivity contribution >= 4 is 125 Å². The fourth-order valence-electron chi connectivity index (χ4n) is 13.2. The fourth-order valence-corrected chi connectivity index (χ4v) is 13.4. The largest absolute Gasteiger partial charge is 1.00 e. The van der Waals surface area contributed by atoms with Gasteiger partial charge in [-0.3, -0.25) is 25.0 Å². The molecule has 0 radical (unpaired) electrons. The molecule has 0 unspecified atom stereocenters. The number of amides is 2. The second-order valence-electron chi connectivity index (χ2n) is 26.7. The summed E-state index contributed by atoms with van der Waals surface area (Å²) in [6.07, 6.45) is 15.4. The third kappa shape index (κ3) is 25.2. The molecule has 7 N–H and O–H groups in total. The van der Waals surface area contributed by atoms with E-state index in [0.29, 0.717) is 39.5 Å². The zero-order chi connectivity index (χ0) is 89.7. The van der Waals surface area contributed by atoms with Crippen molar-refractivity contribution in [2.75, 3.05) is 67.7 Å². The molecule has 0 aliphatic rings. The maximum Gasteiger partial charge on any atom is 1.00 e. The Morgan fingerprint density at radius 1 is 0.442 bits per heavy atom. The molecule has 0 fully saturated rings. The summed E-state index contributed by atoms with van der Waals surface area (Å²) in [5, 5.41) is 50.0. The maximum atomic E-state index is 12.6. The molecule has 32 nitrogen and oxygen atoms in total. The number of rotatable bonds is 19. The van der Waals surface area contributed by atoms with Crippen molar-refractivity contribution in [2.24, 2.45) is 4.99 Å². The number of nitrogens with zero attached hydrogens (tertiary/aromatic N) is 15. The van der Waals surface area contributed by atoms with Gasteiger partial charge in [0.2, 0.25) is 6.08 Å². The summed E-state index contributed by atoms with van der Waals surface area (Å²) in [6.45, 7) is 3.82. The van der Waals surface area contributed by atoms with Crippen LogP contribution >= 0.6 is 11.6 Å². The van der Waals surface area contributed by atoms with Crippen LogP contribution in [0.3, 0.4) is 0 Å². The Balaban J connectivity index is 0.000000184. The van der Waals surface area contributed by atoms with Gasteiger partial charge < -0.3 is 71.6 Å². The number of urea groups is 1. The molecule has 129 heavy (non-hydrogen) atoms. The number of carbonyl (C=O) groups excluding carboxylic acids is 3. The number of ether oxygens (including phenoxy) is 2. The molecular formula is C94H82ClK2N21O11. The second kappa shape index (κ2) is 48.0. The minimum atomic E-state index is -0.395. The van der Waals surface area contributed by atoms with Gasteiger partial charge in [-0.1, -0.05) is 147 Å². The number of hydrogen-bond donors (Lipinski definition) is 6. The molecule has 2 amide bonds. The predicted molar refractivity (Wildman–Crippen MR) is 495 cm³/mol. The van der Waals surface area contributed by atoms with Crippen LogP contribution in [0.15, 0.2) is 322 Å². The zero-order valence-electron chi connectivity index (χ0n) is 72.3. The SMILES string of the molecule is CC.CNc1cc(-n2ccc3ccc(-c4cccc(N)c4)cc32)ncn1.CNc1cc(-n2ccc3ccc(-c4cccc(NC(=O)Nc5ccccc5OC)c4)cc32)ncn1.CNc1cc(-n2ccc3ccc(-c4cccc([N+](=O)[O-])c4)cc32)ncn1.COc1ccccc1N=C=O.O=CO[O-].O=[N+]([O-])c1cccc(-c2ccc3ccn(-c4cc(Cl)ncn4)c3c2)c1.[H-].[K+].[K+]. The van der Waals surface area contributed by atoms with Gasteiger partial charge >= 0.3 is 109 Å². The molecule has 0 atom stereocenters. The van der Waals surface area contributed by atoms with Crippen molar-refractivity contribution < 1.29 is 148 Å². The number of carbonyl (C=O) groups is 2. The fraction of sp³-hybridized carbons (Fsp3) is 0.0745. The van der Waals surface area contributed by atoms with Crippen molar-refractivity contribution in [3.8, 4) is 79.3 Å². The number of hydrogen-bond acceptors (Lipinski definition) is 24.